The quantitative estimate of drug-likeness (QED) is 0.669. The molecule has 1 aromatic rings. The average Bonchev–Trinajstić information content (AvgIpc) is 2.68. The van der Waals surface area contributed by atoms with Crippen molar-refractivity contribution in [3.05, 3.63) is 5.82 Å². The molecule has 0 amide bonds. The molecule has 0 spiro atoms. The molecule has 1 rings (SSSR count). The number of tetrazole rings is 1. The molecular weight excluding hydrogens is 214 g/mol. The van der Waals surface area contributed by atoms with Crippen molar-refractivity contribution in [2.45, 2.75) is 52.5 Å². The van der Waals surface area contributed by atoms with E-state index in [2.05, 4.69) is 34.6 Å². The molecule has 0 bridgehead atoms. The monoisotopic (exact) mass is 239 g/mol. The lowest BCUT2D eigenvalue weighted by atomic mass is 10.0. The Morgan fingerprint density at radius 2 is 1.94 bits per heavy atom. The van der Waals surface area contributed by atoms with Gasteiger partial charge in [0.1, 0.15) is 0 Å². The van der Waals surface area contributed by atoms with Gasteiger partial charge >= 0.3 is 0 Å². The summed E-state index contributed by atoms with van der Waals surface area (Å²) in [6, 6.07) is 0. The molecule has 0 fully saturated rings. The van der Waals surface area contributed by atoms with Gasteiger partial charge in [-0.2, -0.15) is 4.80 Å². The highest BCUT2D eigenvalue weighted by Crippen LogP contribution is 2.08. The molecule has 0 saturated carbocycles. The number of hydrogen-bond acceptors (Lipinski definition) is 4. The van der Waals surface area contributed by atoms with Gasteiger partial charge in [-0.15, -0.1) is 10.2 Å². The van der Waals surface area contributed by atoms with Gasteiger partial charge in [0.15, 0.2) is 5.82 Å². The smallest absolute Gasteiger partial charge is 0.188 e. The van der Waals surface area contributed by atoms with Crippen LogP contribution in [0.2, 0.25) is 0 Å². The normalized spacial score (nSPS) is 11.3. The fraction of sp³-hybridized carbons (Fsp3) is 0.917. The molecule has 1 heterocycles. The molecule has 0 aliphatic carbocycles. The predicted octanol–water partition coefficient (Wildman–Crippen LogP) is 1.91. The SMILES string of the molecule is CC(C)CCCCCCNCc1nnn(C)n1. The molecule has 0 saturated heterocycles. The van der Waals surface area contributed by atoms with Crippen molar-refractivity contribution in [3.8, 4) is 0 Å². The highest BCUT2D eigenvalue weighted by atomic mass is 15.6. The van der Waals surface area contributed by atoms with Crippen LogP contribution in [-0.2, 0) is 13.6 Å². The Morgan fingerprint density at radius 1 is 1.18 bits per heavy atom. The molecule has 0 radical (unpaired) electrons. The standard InChI is InChI=1S/C12H25N5/c1-11(2)8-6-4-5-7-9-13-10-12-14-16-17(3)15-12/h11,13H,4-10H2,1-3H3. The second-order valence-corrected chi connectivity index (χ2v) is 4.97. The first-order chi connectivity index (χ1) is 8.18. The van der Waals surface area contributed by atoms with Gasteiger partial charge in [0.2, 0.25) is 0 Å². The first kappa shape index (κ1) is 14.1. The molecule has 5 nitrogen and oxygen atoms in total. The summed E-state index contributed by atoms with van der Waals surface area (Å²) in [6.07, 6.45) is 6.62. The molecule has 1 N–H and O–H groups in total. The summed E-state index contributed by atoms with van der Waals surface area (Å²) in [5.41, 5.74) is 0. The van der Waals surface area contributed by atoms with Gasteiger partial charge in [-0.1, -0.05) is 39.5 Å². The van der Waals surface area contributed by atoms with E-state index in [9.17, 15) is 0 Å². The van der Waals surface area contributed by atoms with E-state index >= 15 is 0 Å². The van der Waals surface area contributed by atoms with Gasteiger partial charge in [0, 0.05) is 0 Å². The van der Waals surface area contributed by atoms with Crippen LogP contribution in [0, 0.1) is 5.92 Å². The maximum absolute atomic E-state index is 4.11. The lowest BCUT2D eigenvalue weighted by Gasteiger charge is -2.04. The molecule has 0 aliphatic rings. The van der Waals surface area contributed by atoms with E-state index < -0.39 is 0 Å². The predicted molar refractivity (Wildman–Crippen MR) is 68.4 cm³/mol. The minimum absolute atomic E-state index is 0.722. The minimum atomic E-state index is 0.722. The van der Waals surface area contributed by atoms with Crippen LogP contribution in [0.1, 0.15) is 51.8 Å². The van der Waals surface area contributed by atoms with E-state index in [-0.39, 0.29) is 0 Å². The summed E-state index contributed by atoms with van der Waals surface area (Å²) in [7, 11) is 1.78. The van der Waals surface area contributed by atoms with E-state index in [4.69, 9.17) is 0 Å². The van der Waals surface area contributed by atoms with Crippen LogP contribution in [0.25, 0.3) is 0 Å². The molecule has 0 aliphatic heterocycles. The van der Waals surface area contributed by atoms with E-state index in [0.717, 1.165) is 24.8 Å². The van der Waals surface area contributed by atoms with Crippen molar-refractivity contribution in [1.82, 2.24) is 25.5 Å². The Balaban J connectivity index is 1.88. The van der Waals surface area contributed by atoms with Gasteiger partial charge in [0.05, 0.1) is 13.6 Å². The average molecular weight is 239 g/mol. The first-order valence-electron chi connectivity index (χ1n) is 6.62. The molecule has 0 unspecified atom stereocenters. The zero-order valence-electron chi connectivity index (χ0n) is 11.3. The van der Waals surface area contributed by atoms with E-state index in [1.807, 2.05) is 0 Å². The maximum Gasteiger partial charge on any atom is 0.188 e. The second kappa shape index (κ2) is 8.17. The van der Waals surface area contributed by atoms with Gasteiger partial charge < -0.3 is 5.32 Å². The number of unbranched alkanes of at least 4 members (excludes halogenated alkanes) is 3. The summed E-state index contributed by atoms with van der Waals surface area (Å²) in [5.74, 6) is 1.61. The molecule has 98 valence electrons. The Bertz CT molecular complexity index is 295. The van der Waals surface area contributed by atoms with Crippen LogP contribution in [-0.4, -0.2) is 26.8 Å². The number of nitrogens with one attached hydrogen (secondary N) is 1. The molecule has 17 heavy (non-hydrogen) atoms. The highest BCUT2D eigenvalue weighted by molar-refractivity contribution is 4.74. The number of rotatable bonds is 9. The van der Waals surface area contributed by atoms with Crippen molar-refractivity contribution in [1.29, 1.82) is 0 Å². The third-order valence-electron chi connectivity index (χ3n) is 2.72. The van der Waals surface area contributed by atoms with E-state index in [1.54, 1.807) is 7.05 Å². The van der Waals surface area contributed by atoms with Crippen molar-refractivity contribution in [2.24, 2.45) is 13.0 Å². The van der Waals surface area contributed by atoms with Crippen molar-refractivity contribution in [2.75, 3.05) is 6.54 Å². The van der Waals surface area contributed by atoms with Crippen LogP contribution in [0.4, 0.5) is 0 Å². The highest BCUT2D eigenvalue weighted by Gasteiger charge is 1.98. The van der Waals surface area contributed by atoms with Gasteiger partial charge in [-0.25, -0.2) is 0 Å². The molecule has 5 heteroatoms. The van der Waals surface area contributed by atoms with Gasteiger partial charge in [0.25, 0.3) is 0 Å². The van der Waals surface area contributed by atoms with Crippen LogP contribution < -0.4 is 5.32 Å². The lowest BCUT2D eigenvalue weighted by molar-refractivity contribution is 0.510. The fourth-order valence-corrected chi connectivity index (χ4v) is 1.75. The zero-order valence-corrected chi connectivity index (χ0v) is 11.3. The number of nitrogens with zero attached hydrogens (tertiary/aromatic N) is 4. The van der Waals surface area contributed by atoms with Crippen molar-refractivity contribution >= 4 is 0 Å². The number of aromatic nitrogens is 4. The summed E-state index contributed by atoms with van der Waals surface area (Å²) in [5, 5.41) is 15.2. The third-order valence-corrected chi connectivity index (χ3v) is 2.72. The van der Waals surface area contributed by atoms with E-state index in [0.29, 0.717) is 0 Å². The summed E-state index contributed by atoms with van der Waals surface area (Å²) in [4.78, 5) is 1.49. The van der Waals surface area contributed by atoms with Crippen LogP contribution in [0.15, 0.2) is 0 Å². The fourth-order valence-electron chi connectivity index (χ4n) is 1.75. The van der Waals surface area contributed by atoms with Gasteiger partial charge in [-0.3, -0.25) is 0 Å². The van der Waals surface area contributed by atoms with E-state index in [1.165, 1.54) is 36.9 Å². The van der Waals surface area contributed by atoms with Crippen LogP contribution in [0.3, 0.4) is 0 Å². The minimum Gasteiger partial charge on any atom is -0.310 e. The Hall–Kier alpha value is -0.970. The largest absolute Gasteiger partial charge is 0.310 e. The molecule has 0 aromatic carbocycles. The maximum atomic E-state index is 4.11. The third kappa shape index (κ3) is 7.05. The van der Waals surface area contributed by atoms with Crippen LogP contribution >= 0.6 is 0 Å². The summed E-state index contributed by atoms with van der Waals surface area (Å²) in [6.45, 7) is 6.34. The van der Waals surface area contributed by atoms with Crippen LogP contribution in [0.5, 0.6) is 0 Å². The second-order valence-electron chi connectivity index (χ2n) is 4.97. The van der Waals surface area contributed by atoms with Crippen molar-refractivity contribution < 1.29 is 0 Å². The Morgan fingerprint density at radius 3 is 2.59 bits per heavy atom. The summed E-state index contributed by atoms with van der Waals surface area (Å²) >= 11 is 0. The topological polar surface area (TPSA) is 55.6 Å². The Labute approximate surface area is 104 Å². The van der Waals surface area contributed by atoms with Crippen molar-refractivity contribution in [3.63, 3.8) is 0 Å². The molecular formula is C12H25N5. The molecule has 0 atom stereocenters. The lowest BCUT2D eigenvalue weighted by Crippen LogP contribution is -2.15. The number of aryl methyl sites for hydroxylation is 1. The molecule has 1 aromatic heterocycles. The summed E-state index contributed by atoms with van der Waals surface area (Å²) < 4.78 is 0. The first-order valence-corrected chi connectivity index (χ1v) is 6.62. The Kier molecular flexibility index (Phi) is 6.77. The zero-order chi connectivity index (χ0) is 12.5. The number of hydrogen-bond donors (Lipinski definition) is 1. The van der Waals surface area contributed by atoms with Gasteiger partial charge in [-0.05, 0) is 24.1 Å².